The standard InChI is InChI=1S/C29H24N4O18S4/c1-3-46-28(36)24-18(26(34)32(30-24)20-14-16(52-50-48-38)10-12-22(20)54(40,41)42)8-6-5-7-9-19-25(29(37)47-4-2)31-33(27(19)35)21-15-17(53-51-49-39)11-13-23(21)55(43,44)45/h1,5-7,9-15,18,35,38-39H,4,8H2,2H3,(H,40,41,42)(H,43,44,45). The summed E-state index contributed by atoms with van der Waals surface area (Å²) in [7, 11) is -9.94. The molecule has 2 aromatic carbocycles. The molecule has 0 fully saturated rings. The Morgan fingerprint density at radius 2 is 1.53 bits per heavy atom. The van der Waals surface area contributed by atoms with Gasteiger partial charge < -0.3 is 14.6 Å². The van der Waals surface area contributed by atoms with Gasteiger partial charge in [-0.3, -0.25) is 13.9 Å². The van der Waals surface area contributed by atoms with Crippen LogP contribution in [0.3, 0.4) is 0 Å². The van der Waals surface area contributed by atoms with Gasteiger partial charge in [0.2, 0.25) is 5.88 Å². The molecule has 0 aliphatic carbocycles. The van der Waals surface area contributed by atoms with Crippen LogP contribution in [0.25, 0.3) is 11.8 Å². The average Bonchev–Trinajstić information content (AvgIpc) is 3.64. The number of rotatable bonds is 17. The third kappa shape index (κ3) is 10.1. The van der Waals surface area contributed by atoms with Crippen molar-refractivity contribution in [1.82, 2.24) is 9.78 Å². The zero-order valence-corrected chi connectivity index (χ0v) is 30.6. The van der Waals surface area contributed by atoms with Gasteiger partial charge in [0, 0.05) is 9.79 Å². The molecule has 0 spiro atoms. The Kier molecular flexibility index (Phi) is 14.3. The van der Waals surface area contributed by atoms with E-state index in [1.807, 2.05) is 0 Å². The largest absolute Gasteiger partial charge is 0.493 e. The second-order valence-corrected chi connectivity index (χ2v) is 14.4. The maximum atomic E-state index is 13.6. The smallest absolute Gasteiger partial charge is 0.369 e. The zero-order valence-electron chi connectivity index (χ0n) is 27.3. The van der Waals surface area contributed by atoms with Gasteiger partial charge in [-0.1, -0.05) is 34.7 Å². The molecule has 0 radical (unpaired) electrons. The first-order chi connectivity index (χ1) is 26.1. The van der Waals surface area contributed by atoms with Crippen molar-refractivity contribution in [3.63, 3.8) is 0 Å². The van der Waals surface area contributed by atoms with Gasteiger partial charge in [-0.15, -0.1) is 8.67 Å². The number of hydrogen-bond donors (Lipinski definition) is 5. The van der Waals surface area contributed by atoms with Crippen LogP contribution in [0.1, 0.15) is 29.4 Å². The molecule has 1 atom stereocenters. The SMILES string of the molecule is C#COC(=O)C1=NN(c2cc(SOOO)ccc2S(=O)(=O)O)C(=O)C1CC=CC=Cc1c(C(=O)OCC)nn(-c2cc(SOOO)ccc2S(=O)(=O)O)c1O. The van der Waals surface area contributed by atoms with Crippen LogP contribution >= 0.6 is 24.1 Å². The molecule has 55 heavy (non-hydrogen) atoms. The number of hydrazone groups is 1. The number of hydrogen-bond acceptors (Lipinski definition) is 20. The van der Waals surface area contributed by atoms with Gasteiger partial charge >= 0.3 is 11.9 Å². The number of nitrogens with zero attached hydrogens (tertiary/aromatic N) is 4. The van der Waals surface area contributed by atoms with E-state index >= 15 is 0 Å². The molecule has 0 bridgehead atoms. The van der Waals surface area contributed by atoms with E-state index in [9.17, 15) is 45.4 Å². The van der Waals surface area contributed by atoms with E-state index in [2.05, 4.69) is 33.7 Å². The highest BCUT2D eigenvalue weighted by Crippen LogP contribution is 2.36. The molecule has 1 aliphatic heterocycles. The lowest BCUT2D eigenvalue weighted by Gasteiger charge is -2.17. The molecule has 22 nitrogen and oxygen atoms in total. The fourth-order valence-corrected chi connectivity index (χ4v) is 6.76. The minimum atomic E-state index is -4.99. The summed E-state index contributed by atoms with van der Waals surface area (Å²) >= 11 is 0.779. The number of ether oxygens (including phenoxy) is 2. The van der Waals surface area contributed by atoms with Gasteiger partial charge in [-0.25, -0.2) is 20.1 Å². The lowest BCUT2D eigenvalue weighted by Crippen LogP contribution is -2.30. The summed E-state index contributed by atoms with van der Waals surface area (Å²) in [6, 6.07) is 6.15. The van der Waals surface area contributed by atoms with Crippen LogP contribution < -0.4 is 5.01 Å². The molecule has 0 saturated heterocycles. The number of allylic oxidation sites excluding steroid dienone is 3. The highest BCUT2D eigenvalue weighted by molar-refractivity contribution is 7.94. The second-order valence-electron chi connectivity index (χ2n) is 10.1. The molecule has 0 saturated carbocycles. The predicted octanol–water partition coefficient (Wildman–Crippen LogP) is 3.22. The lowest BCUT2D eigenvalue weighted by molar-refractivity contribution is -0.432. The number of esters is 2. The fraction of sp³-hybridized carbons (Fsp3) is 0.138. The maximum Gasteiger partial charge on any atom is 0.369 e. The summed E-state index contributed by atoms with van der Waals surface area (Å²) < 4.78 is 87.1. The predicted molar refractivity (Wildman–Crippen MR) is 185 cm³/mol. The van der Waals surface area contributed by atoms with Crippen molar-refractivity contribution in [1.29, 1.82) is 0 Å². The first-order valence-corrected chi connectivity index (χ1v) is 18.9. The van der Waals surface area contributed by atoms with Gasteiger partial charge in [0.15, 0.2) is 11.4 Å². The Hall–Kier alpha value is -5.15. The van der Waals surface area contributed by atoms with Crippen molar-refractivity contribution in [3.8, 4) is 24.1 Å². The van der Waals surface area contributed by atoms with Gasteiger partial charge in [-0.2, -0.15) is 36.7 Å². The summed E-state index contributed by atoms with van der Waals surface area (Å²) in [4.78, 5) is 37.7. The normalized spacial score (nSPS) is 14.8. The first kappa shape index (κ1) is 42.6. The highest BCUT2D eigenvalue weighted by atomic mass is 32.2. The van der Waals surface area contributed by atoms with Gasteiger partial charge in [0.1, 0.15) is 15.9 Å². The minimum absolute atomic E-state index is 0.0422. The lowest BCUT2D eigenvalue weighted by atomic mass is 9.99. The second kappa shape index (κ2) is 18.5. The molecule has 26 heteroatoms. The Bertz CT molecular complexity index is 2330. The summed E-state index contributed by atoms with van der Waals surface area (Å²) in [5, 5.41) is 43.5. The maximum absolute atomic E-state index is 13.6. The average molecular weight is 845 g/mol. The quantitative estimate of drug-likeness (QED) is 0.0248. The van der Waals surface area contributed by atoms with Crippen LogP contribution in [0.5, 0.6) is 5.88 Å². The molecule has 1 unspecified atom stereocenters. The van der Waals surface area contributed by atoms with E-state index < -0.39 is 82.5 Å². The molecule has 1 amide bonds. The molecular formula is C29H24N4O18S4. The van der Waals surface area contributed by atoms with Crippen molar-refractivity contribution in [3.05, 3.63) is 65.9 Å². The number of aromatic hydroxyl groups is 1. The van der Waals surface area contributed by atoms with Crippen LogP contribution in [-0.2, 0) is 58.0 Å². The van der Waals surface area contributed by atoms with Crippen LogP contribution in [0.4, 0.5) is 5.69 Å². The number of aromatic nitrogens is 2. The molecule has 292 valence electrons. The Labute approximate surface area is 318 Å². The topological polar surface area (TPSA) is 309 Å². The van der Waals surface area contributed by atoms with Crippen molar-refractivity contribution >= 4 is 79.6 Å². The monoisotopic (exact) mass is 844 g/mol. The third-order valence-electron chi connectivity index (χ3n) is 6.85. The number of anilines is 1. The van der Waals surface area contributed by atoms with Crippen molar-refractivity contribution in [2.75, 3.05) is 11.6 Å². The Morgan fingerprint density at radius 1 is 0.945 bits per heavy atom. The molecular weight excluding hydrogens is 821 g/mol. The van der Waals surface area contributed by atoms with Crippen molar-refractivity contribution in [2.24, 2.45) is 11.0 Å². The molecule has 1 aromatic heterocycles. The number of carbonyl (C=O) groups excluding carboxylic acids is 3. The highest BCUT2D eigenvalue weighted by Gasteiger charge is 2.42. The Morgan fingerprint density at radius 3 is 2.07 bits per heavy atom. The summed E-state index contributed by atoms with van der Waals surface area (Å²) in [5.74, 6) is -5.56. The summed E-state index contributed by atoms with van der Waals surface area (Å²) in [6.07, 6.45) is 11.4. The van der Waals surface area contributed by atoms with Gasteiger partial charge in [0.25, 0.3) is 26.1 Å². The molecule has 2 heterocycles. The van der Waals surface area contributed by atoms with E-state index in [0.717, 1.165) is 42.5 Å². The molecule has 5 N–H and O–H groups in total. The summed E-state index contributed by atoms with van der Waals surface area (Å²) in [6.45, 7) is 1.35. The van der Waals surface area contributed by atoms with Gasteiger partial charge in [-0.05, 0) is 55.8 Å². The van der Waals surface area contributed by atoms with Crippen molar-refractivity contribution in [2.45, 2.75) is 32.9 Å². The first-order valence-electron chi connectivity index (χ1n) is 14.5. The Balaban J connectivity index is 1.71. The number of amides is 1. The number of terminal acetylenes is 1. The fourth-order valence-electron chi connectivity index (χ4n) is 4.68. The molecule has 1 aliphatic rings. The van der Waals surface area contributed by atoms with Crippen LogP contribution in [0, 0.1) is 18.4 Å². The van der Waals surface area contributed by atoms with Crippen LogP contribution in [0.15, 0.2) is 79.3 Å². The van der Waals surface area contributed by atoms with Crippen molar-refractivity contribution < 1.29 is 84.2 Å². The van der Waals surface area contributed by atoms with E-state index in [1.165, 1.54) is 25.2 Å². The van der Waals surface area contributed by atoms with Gasteiger partial charge in [0.05, 0.1) is 53.5 Å². The number of benzene rings is 2. The van der Waals surface area contributed by atoms with E-state index in [0.29, 0.717) is 33.8 Å². The third-order valence-corrected chi connectivity index (χ3v) is 9.80. The van der Waals surface area contributed by atoms with E-state index in [4.69, 9.17) is 21.7 Å². The van der Waals surface area contributed by atoms with Crippen LogP contribution in [0.2, 0.25) is 0 Å². The zero-order chi connectivity index (χ0) is 40.5. The van der Waals surface area contributed by atoms with E-state index in [-0.39, 0.29) is 28.4 Å². The minimum Gasteiger partial charge on any atom is -0.493 e. The van der Waals surface area contributed by atoms with Crippen LogP contribution in [-0.4, -0.2) is 81.5 Å². The summed E-state index contributed by atoms with van der Waals surface area (Å²) in [5.41, 5.74) is -2.41. The molecule has 4 rings (SSSR count). The van der Waals surface area contributed by atoms with E-state index in [1.54, 1.807) is 6.11 Å². The molecule has 3 aromatic rings. The number of carbonyl (C=O) groups is 3.